The van der Waals surface area contributed by atoms with Gasteiger partial charge >= 0.3 is 0 Å². The first-order valence-corrected chi connectivity index (χ1v) is 16.8. The Morgan fingerprint density at radius 1 is 0.571 bits per heavy atom. The van der Waals surface area contributed by atoms with E-state index in [4.69, 9.17) is 0 Å². The van der Waals surface area contributed by atoms with Crippen LogP contribution in [0.2, 0.25) is 39.3 Å². The molecule has 0 bridgehead atoms. The van der Waals surface area contributed by atoms with Crippen LogP contribution in [0.4, 0.5) is 0 Å². The van der Waals surface area contributed by atoms with Gasteiger partial charge in [-0.05, 0) is 0 Å². The second-order valence-electron chi connectivity index (χ2n) is 7.58. The van der Waals surface area contributed by atoms with E-state index in [-0.39, 0.29) is 0 Å². The lowest BCUT2D eigenvalue weighted by Gasteiger charge is -2.28. The van der Waals surface area contributed by atoms with Crippen molar-refractivity contribution in [2.24, 2.45) is 0 Å². The molecule has 0 nitrogen and oxygen atoms in total. The van der Waals surface area contributed by atoms with E-state index < -0.39 is 24.2 Å². The minimum atomic E-state index is -1.56. The third-order valence-corrected chi connectivity index (χ3v) is 13.1. The molecule has 0 atom stereocenters. The van der Waals surface area contributed by atoms with Crippen molar-refractivity contribution in [3.63, 3.8) is 0 Å². The lowest BCUT2D eigenvalue weighted by atomic mass is 10.3. The molecular weight excluding hydrogens is 300 g/mol. The van der Waals surface area contributed by atoms with Crippen LogP contribution in [-0.4, -0.2) is 24.2 Å². The first-order valence-electron chi connectivity index (χ1n) is 7.57. The van der Waals surface area contributed by atoms with E-state index in [2.05, 4.69) is 94.3 Å². The van der Waals surface area contributed by atoms with E-state index in [1.165, 1.54) is 15.6 Å². The normalized spacial score (nSPS) is 12.9. The molecular formula is C18H30Si3. The highest BCUT2D eigenvalue weighted by molar-refractivity contribution is 6.99. The van der Waals surface area contributed by atoms with Crippen molar-refractivity contribution in [2.45, 2.75) is 39.3 Å². The van der Waals surface area contributed by atoms with Crippen molar-refractivity contribution < 1.29 is 0 Å². The molecule has 0 radical (unpaired) electrons. The first kappa shape index (κ1) is 18.1. The second kappa shape index (κ2) is 6.07. The van der Waals surface area contributed by atoms with Gasteiger partial charge in [-0.25, -0.2) is 0 Å². The van der Waals surface area contributed by atoms with Gasteiger partial charge in [-0.15, -0.1) is 19.7 Å². The van der Waals surface area contributed by atoms with E-state index in [0.717, 1.165) is 0 Å². The lowest BCUT2D eigenvalue weighted by Crippen LogP contribution is -2.52. The average Bonchev–Trinajstić information content (AvgIpc) is 2.46. The van der Waals surface area contributed by atoms with Crippen LogP contribution in [0.1, 0.15) is 0 Å². The van der Waals surface area contributed by atoms with Crippen LogP contribution in [0.3, 0.4) is 0 Å². The number of hydrogen-bond acceptors (Lipinski definition) is 0. The molecule has 1 aromatic rings. The zero-order valence-corrected chi connectivity index (χ0v) is 17.6. The smallest absolute Gasteiger partial charge is 0.103 e. The molecule has 1 rings (SSSR count). The maximum Gasteiger partial charge on any atom is 0.103 e. The predicted octanol–water partition coefficient (Wildman–Crippen LogP) is 3.61. The van der Waals surface area contributed by atoms with Gasteiger partial charge in [0.05, 0.1) is 0 Å². The topological polar surface area (TPSA) is 0 Å². The minimum Gasteiger partial charge on any atom is -0.107 e. The van der Waals surface area contributed by atoms with Crippen LogP contribution >= 0.6 is 0 Å². The highest BCUT2D eigenvalue weighted by atomic mass is 28.3. The molecule has 0 aliphatic carbocycles. The zero-order chi connectivity index (χ0) is 16.5. The summed E-state index contributed by atoms with van der Waals surface area (Å²) in [5.74, 6) is 0. The van der Waals surface area contributed by atoms with Crippen molar-refractivity contribution in [1.82, 2.24) is 0 Å². The number of hydrogen-bond donors (Lipinski definition) is 0. The quantitative estimate of drug-likeness (QED) is 0.699. The molecule has 0 saturated carbocycles. The summed E-state index contributed by atoms with van der Waals surface area (Å²) in [7, 11) is -4.68. The van der Waals surface area contributed by atoms with Gasteiger partial charge in [-0.3, -0.25) is 0 Å². The fourth-order valence-electron chi connectivity index (χ4n) is 2.10. The minimum absolute atomic E-state index is 1.50. The summed E-state index contributed by atoms with van der Waals surface area (Å²) >= 11 is 0. The molecule has 21 heavy (non-hydrogen) atoms. The molecule has 1 aromatic carbocycles. The van der Waals surface area contributed by atoms with Gasteiger partial charge in [0, 0.05) is 0 Å². The molecule has 0 aliphatic rings. The van der Waals surface area contributed by atoms with Crippen molar-refractivity contribution >= 4 is 39.8 Å². The standard InChI is InChI=1S/C18H30Si3/c1-10-19(4,5)16-13-17(20(6,7)11-2)15-18(14-16)21(8,9)12-3/h10-15H,1-3H2,4-9H3. The summed E-state index contributed by atoms with van der Waals surface area (Å²) in [5.41, 5.74) is 6.54. The first-order chi connectivity index (χ1) is 9.50. The second-order valence-corrected chi connectivity index (χ2v) is 20.9. The maximum atomic E-state index is 4.08. The van der Waals surface area contributed by atoms with Gasteiger partial charge in [0.15, 0.2) is 0 Å². The van der Waals surface area contributed by atoms with Crippen LogP contribution in [-0.2, 0) is 0 Å². The Bertz CT molecular complexity index is 473. The van der Waals surface area contributed by atoms with Crippen LogP contribution in [0.25, 0.3) is 0 Å². The fourth-order valence-corrected chi connectivity index (χ4v) is 6.40. The SMILES string of the molecule is C=C[Si](C)(C)c1cc([Si](C)(C)C=C)cc([Si](C)(C)C=C)c1. The highest BCUT2D eigenvalue weighted by Crippen LogP contribution is 2.10. The summed E-state index contributed by atoms with van der Waals surface area (Å²) < 4.78 is 0. The van der Waals surface area contributed by atoms with Gasteiger partial charge in [0.1, 0.15) is 24.2 Å². The Morgan fingerprint density at radius 3 is 0.905 bits per heavy atom. The van der Waals surface area contributed by atoms with Gasteiger partial charge in [0.2, 0.25) is 0 Å². The van der Waals surface area contributed by atoms with Crippen LogP contribution < -0.4 is 15.6 Å². The average molecular weight is 331 g/mol. The summed E-state index contributed by atoms with van der Waals surface area (Å²) in [6.07, 6.45) is 0. The van der Waals surface area contributed by atoms with Crippen molar-refractivity contribution in [3.05, 3.63) is 55.0 Å². The van der Waals surface area contributed by atoms with Crippen molar-refractivity contribution in [3.8, 4) is 0 Å². The monoisotopic (exact) mass is 330 g/mol. The van der Waals surface area contributed by atoms with Crippen LogP contribution in [0.15, 0.2) is 55.0 Å². The Morgan fingerprint density at radius 2 is 0.762 bits per heavy atom. The third kappa shape index (κ3) is 3.84. The molecule has 0 spiro atoms. The number of benzene rings is 1. The van der Waals surface area contributed by atoms with E-state index in [1.807, 2.05) is 0 Å². The lowest BCUT2D eigenvalue weighted by molar-refractivity contribution is 1.70. The number of rotatable bonds is 6. The molecule has 0 aromatic heterocycles. The Balaban J connectivity index is 3.66. The summed E-state index contributed by atoms with van der Waals surface area (Å²) in [6, 6.07) is 7.29. The Hall–Kier alpha value is -0.909. The van der Waals surface area contributed by atoms with Gasteiger partial charge in [0.25, 0.3) is 0 Å². The van der Waals surface area contributed by atoms with Crippen molar-refractivity contribution in [1.29, 1.82) is 0 Å². The van der Waals surface area contributed by atoms with E-state index in [0.29, 0.717) is 0 Å². The van der Waals surface area contributed by atoms with Crippen LogP contribution in [0, 0.1) is 0 Å². The fraction of sp³-hybridized carbons (Fsp3) is 0.333. The van der Waals surface area contributed by atoms with Crippen LogP contribution in [0.5, 0.6) is 0 Å². The zero-order valence-electron chi connectivity index (χ0n) is 14.6. The summed E-state index contributed by atoms with van der Waals surface area (Å²) in [4.78, 5) is 0. The molecule has 114 valence electrons. The third-order valence-electron chi connectivity index (χ3n) is 4.70. The molecule has 0 heterocycles. The molecule has 0 aliphatic heterocycles. The largest absolute Gasteiger partial charge is 0.107 e. The molecule has 0 unspecified atom stereocenters. The van der Waals surface area contributed by atoms with Crippen molar-refractivity contribution in [2.75, 3.05) is 0 Å². The molecule has 3 heteroatoms. The van der Waals surface area contributed by atoms with Gasteiger partial charge in [-0.1, -0.05) is 90.1 Å². The maximum absolute atomic E-state index is 4.08. The van der Waals surface area contributed by atoms with Gasteiger partial charge < -0.3 is 0 Å². The summed E-state index contributed by atoms with van der Waals surface area (Å²) in [6.45, 7) is 26.4. The molecule has 0 saturated heterocycles. The Kier molecular flexibility index (Phi) is 5.24. The van der Waals surface area contributed by atoms with E-state index >= 15 is 0 Å². The molecule has 0 amide bonds. The van der Waals surface area contributed by atoms with Gasteiger partial charge in [-0.2, -0.15) is 0 Å². The van der Waals surface area contributed by atoms with E-state index in [1.54, 1.807) is 0 Å². The van der Waals surface area contributed by atoms with E-state index in [9.17, 15) is 0 Å². The predicted molar refractivity (Wildman–Crippen MR) is 108 cm³/mol. The molecule has 0 N–H and O–H groups in total. The summed E-state index contributed by atoms with van der Waals surface area (Å²) in [5, 5.41) is 4.49. The molecule has 0 fully saturated rings. The Labute approximate surface area is 134 Å². The highest BCUT2D eigenvalue weighted by Gasteiger charge is 2.28.